The second-order valence-corrected chi connectivity index (χ2v) is 8.70. The van der Waals surface area contributed by atoms with Gasteiger partial charge in [-0.25, -0.2) is 0 Å². The Hall–Kier alpha value is -1.22. The minimum absolute atomic E-state index is 0.0842. The predicted molar refractivity (Wildman–Crippen MR) is 94.5 cm³/mol. The van der Waals surface area contributed by atoms with Gasteiger partial charge in [-0.3, -0.25) is 9.59 Å². The Morgan fingerprint density at radius 3 is 1.42 bits per heavy atom. The molecule has 2 aliphatic heterocycles. The predicted octanol–water partition coefficient (Wildman–Crippen LogP) is 0.673. The van der Waals surface area contributed by atoms with E-state index in [1.54, 1.807) is 0 Å². The molecule has 2 rings (SSSR count). The molecule has 0 spiro atoms. The maximum absolute atomic E-state index is 11.9. The van der Waals surface area contributed by atoms with Crippen LogP contribution in [0.5, 0.6) is 0 Å². The smallest absolute Gasteiger partial charge is 0.324 e. The molecule has 0 bridgehead atoms. The van der Waals surface area contributed by atoms with Gasteiger partial charge in [0, 0.05) is 11.8 Å². The van der Waals surface area contributed by atoms with E-state index in [1.807, 2.05) is 27.7 Å². The maximum atomic E-state index is 11.9. The van der Waals surface area contributed by atoms with E-state index in [4.69, 9.17) is 20.9 Å². The van der Waals surface area contributed by atoms with E-state index in [1.165, 1.54) is 0 Å². The highest BCUT2D eigenvalue weighted by Crippen LogP contribution is 2.44. The SMILES string of the molecule is CC(C)CC(N)(C(=O)O)C1COC2C1OCC2C(N)(CC(C)C)C(=O)O. The fraction of sp³-hybridized carbons (Fsp3) is 0.889. The van der Waals surface area contributed by atoms with Gasteiger partial charge >= 0.3 is 11.9 Å². The lowest BCUT2D eigenvalue weighted by Gasteiger charge is -2.35. The Balaban J connectivity index is 2.28. The van der Waals surface area contributed by atoms with Gasteiger partial charge in [0.15, 0.2) is 0 Å². The zero-order valence-electron chi connectivity index (χ0n) is 16.0. The quantitative estimate of drug-likeness (QED) is 0.486. The number of aliphatic carboxylic acids is 2. The normalized spacial score (nSPS) is 33.1. The molecule has 2 fully saturated rings. The van der Waals surface area contributed by atoms with Gasteiger partial charge < -0.3 is 31.2 Å². The van der Waals surface area contributed by atoms with E-state index in [0.29, 0.717) is 0 Å². The average molecular weight is 372 g/mol. The molecule has 8 nitrogen and oxygen atoms in total. The molecule has 150 valence electrons. The van der Waals surface area contributed by atoms with E-state index in [2.05, 4.69) is 0 Å². The number of carboxylic acids is 2. The molecule has 0 aliphatic carbocycles. The monoisotopic (exact) mass is 372 g/mol. The lowest BCUT2D eigenvalue weighted by atomic mass is 9.72. The number of hydrogen-bond acceptors (Lipinski definition) is 6. The van der Waals surface area contributed by atoms with Crippen LogP contribution in [0.15, 0.2) is 0 Å². The Bertz CT molecular complexity index is 506. The summed E-state index contributed by atoms with van der Waals surface area (Å²) in [6.45, 7) is 7.89. The highest BCUT2D eigenvalue weighted by Gasteiger charge is 2.61. The summed E-state index contributed by atoms with van der Waals surface area (Å²) in [6.07, 6.45) is -0.554. The maximum Gasteiger partial charge on any atom is 0.324 e. The van der Waals surface area contributed by atoms with Gasteiger partial charge in [-0.2, -0.15) is 0 Å². The number of carbonyl (C=O) groups is 2. The molecule has 2 saturated heterocycles. The van der Waals surface area contributed by atoms with Gasteiger partial charge in [-0.05, 0) is 24.7 Å². The molecule has 0 aromatic carbocycles. The Labute approximate surface area is 154 Å². The van der Waals surface area contributed by atoms with Crippen molar-refractivity contribution in [2.75, 3.05) is 13.2 Å². The van der Waals surface area contributed by atoms with Crippen molar-refractivity contribution in [3.63, 3.8) is 0 Å². The first kappa shape index (κ1) is 21.1. The number of nitrogens with two attached hydrogens (primary N) is 2. The lowest BCUT2D eigenvalue weighted by molar-refractivity contribution is -0.148. The van der Waals surface area contributed by atoms with Crippen LogP contribution >= 0.6 is 0 Å². The minimum Gasteiger partial charge on any atom is -0.480 e. The third kappa shape index (κ3) is 3.60. The van der Waals surface area contributed by atoms with Crippen molar-refractivity contribution in [3.8, 4) is 0 Å². The molecule has 0 amide bonds. The summed E-state index contributed by atoms with van der Waals surface area (Å²) in [7, 11) is 0. The molecular formula is C18H32N2O6. The number of hydrogen-bond donors (Lipinski definition) is 4. The number of ether oxygens (including phenoxy) is 2. The molecule has 0 saturated carbocycles. The topological polar surface area (TPSA) is 145 Å². The van der Waals surface area contributed by atoms with Crippen molar-refractivity contribution in [2.45, 2.75) is 63.8 Å². The summed E-state index contributed by atoms with van der Waals surface area (Å²) < 4.78 is 11.7. The first-order valence-electron chi connectivity index (χ1n) is 9.21. The number of fused-ring (bicyclic) bond motifs is 1. The summed E-state index contributed by atoms with van der Waals surface area (Å²) in [5.74, 6) is -3.11. The summed E-state index contributed by atoms with van der Waals surface area (Å²) in [4.78, 5) is 23.8. The van der Waals surface area contributed by atoms with Gasteiger partial charge in [0.2, 0.25) is 0 Å². The summed E-state index contributed by atoms with van der Waals surface area (Å²) in [6, 6.07) is 0. The second kappa shape index (κ2) is 7.42. The Morgan fingerprint density at radius 2 is 1.19 bits per heavy atom. The fourth-order valence-corrected chi connectivity index (χ4v) is 4.53. The molecule has 6 N–H and O–H groups in total. The van der Waals surface area contributed by atoms with Gasteiger partial charge in [0.25, 0.3) is 0 Å². The number of carboxylic acid groups (broad SMARTS) is 2. The average Bonchev–Trinajstić information content (AvgIpc) is 3.06. The van der Waals surface area contributed by atoms with Crippen LogP contribution in [0, 0.1) is 23.7 Å². The van der Waals surface area contributed by atoms with E-state index in [0.717, 1.165) is 0 Å². The van der Waals surface area contributed by atoms with E-state index in [-0.39, 0.29) is 37.9 Å². The lowest BCUT2D eigenvalue weighted by Crippen LogP contribution is -2.60. The van der Waals surface area contributed by atoms with Gasteiger partial charge in [-0.1, -0.05) is 27.7 Å². The van der Waals surface area contributed by atoms with E-state index >= 15 is 0 Å². The van der Waals surface area contributed by atoms with Crippen LogP contribution < -0.4 is 11.5 Å². The Morgan fingerprint density at radius 1 is 0.885 bits per heavy atom. The largest absolute Gasteiger partial charge is 0.480 e. The molecule has 26 heavy (non-hydrogen) atoms. The van der Waals surface area contributed by atoms with Gasteiger partial charge in [0.1, 0.15) is 11.1 Å². The summed E-state index contributed by atoms with van der Waals surface area (Å²) in [5.41, 5.74) is 9.61. The molecule has 6 unspecified atom stereocenters. The molecule has 2 heterocycles. The zero-order valence-corrected chi connectivity index (χ0v) is 16.0. The zero-order chi connectivity index (χ0) is 19.9. The molecule has 2 aliphatic rings. The van der Waals surface area contributed by atoms with Crippen molar-refractivity contribution in [3.05, 3.63) is 0 Å². The van der Waals surface area contributed by atoms with E-state index < -0.39 is 47.1 Å². The van der Waals surface area contributed by atoms with Crippen LogP contribution in [0.1, 0.15) is 40.5 Å². The third-order valence-corrected chi connectivity index (χ3v) is 5.67. The van der Waals surface area contributed by atoms with Crippen LogP contribution in [0.3, 0.4) is 0 Å². The Kier molecular flexibility index (Phi) is 6.02. The first-order chi connectivity index (χ1) is 11.9. The van der Waals surface area contributed by atoms with Crippen molar-refractivity contribution < 1.29 is 29.3 Å². The van der Waals surface area contributed by atoms with Gasteiger partial charge in [0.05, 0.1) is 25.4 Å². The fourth-order valence-electron chi connectivity index (χ4n) is 4.53. The molecule has 8 heteroatoms. The summed E-state index contributed by atoms with van der Waals surface area (Å²) in [5, 5.41) is 19.5. The summed E-state index contributed by atoms with van der Waals surface area (Å²) >= 11 is 0. The van der Waals surface area contributed by atoms with Crippen molar-refractivity contribution in [1.82, 2.24) is 0 Å². The van der Waals surface area contributed by atoms with Crippen molar-refractivity contribution >= 4 is 11.9 Å². The van der Waals surface area contributed by atoms with Crippen molar-refractivity contribution in [2.24, 2.45) is 35.1 Å². The highest BCUT2D eigenvalue weighted by molar-refractivity contribution is 5.80. The van der Waals surface area contributed by atoms with Gasteiger partial charge in [-0.15, -0.1) is 0 Å². The number of rotatable bonds is 8. The van der Waals surface area contributed by atoms with Crippen LogP contribution in [0.2, 0.25) is 0 Å². The first-order valence-corrected chi connectivity index (χ1v) is 9.21. The van der Waals surface area contributed by atoms with Crippen LogP contribution in [-0.4, -0.2) is 58.7 Å². The van der Waals surface area contributed by atoms with Crippen LogP contribution in [-0.2, 0) is 19.1 Å². The third-order valence-electron chi connectivity index (χ3n) is 5.67. The minimum atomic E-state index is -1.49. The molecule has 0 aromatic rings. The second-order valence-electron chi connectivity index (χ2n) is 8.70. The standard InChI is InChI=1S/C18H32N2O6/c1-9(2)5-17(19,15(21)22)11-7-25-14-12(8-26-13(11)14)18(20,16(23)24)6-10(3)4/h9-14H,5-8,19-20H2,1-4H3,(H,21,22)(H,23,24). The molecule has 6 atom stereocenters. The van der Waals surface area contributed by atoms with Crippen LogP contribution in [0.25, 0.3) is 0 Å². The molecule has 0 radical (unpaired) electrons. The highest BCUT2D eigenvalue weighted by atomic mass is 16.6. The molecular weight excluding hydrogens is 340 g/mol. The molecule has 0 aromatic heterocycles. The van der Waals surface area contributed by atoms with Crippen LogP contribution in [0.4, 0.5) is 0 Å². The van der Waals surface area contributed by atoms with E-state index in [9.17, 15) is 19.8 Å². The van der Waals surface area contributed by atoms with Crippen molar-refractivity contribution in [1.29, 1.82) is 0 Å².